The summed E-state index contributed by atoms with van der Waals surface area (Å²) in [6, 6.07) is 6.82. The Hall–Kier alpha value is -1.02. The van der Waals surface area contributed by atoms with Crippen LogP contribution < -0.4 is 10.2 Å². The lowest BCUT2D eigenvalue weighted by Gasteiger charge is -2.37. The first-order valence-electron chi connectivity index (χ1n) is 7.96. The zero-order valence-electron chi connectivity index (χ0n) is 14.2. The van der Waals surface area contributed by atoms with Gasteiger partial charge in [0, 0.05) is 25.8 Å². The molecule has 114 valence electrons. The van der Waals surface area contributed by atoms with Crippen LogP contribution in [0.3, 0.4) is 0 Å². The molecule has 0 heterocycles. The molecule has 0 aliphatic carbocycles. The van der Waals surface area contributed by atoms with Gasteiger partial charge in [-0.2, -0.15) is 0 Å². The SMILES string of the molecule is CCNCC(CC)(CC)CN(C)c1cc(C)cc(C)c1. The molecule has 0 amide bonds. The van der Waals surface area contributed by atoms with Gasteiger partial charge < -0.3 is 10.2 Å². The molecule has 0 spiro atoms. The van der Waals surface area contributed by atoms with E-state index < -0.39 is 0 Å². The second-order valence-electron chi connectivity index (χ2n) is 6.19. The van der Waals surface area contributed by atoms with Crippen LogP contribution in [0.15, 0.2) is 18.2 Å². The Morgan fingerprint density at radius 2 is 1.55 bits per heavy atom. The number of aryl methyl sites for hydroxylation is 2. The summed E-state index contributed by atoms with van der Waals surface area (Å²) in [4.78, 5) is 2.42. The molecule has 20 heavy (non-hydrogen) atoms. The average molecular weight is 276 g/mol. The monoisotopic (exact) mass is 276 g/mol. The standard InChI is InChI=1S/C18H32N2/c1-7-18(8-2,13-19-9-3)14-20(6)17-11-15(4)10-16(5)12-17/h10-12,19H,7-9,13-14H2,1-6H3. The molecular formula is C18H32N2. The molecule has 1 N–H and O–H groups in total. The first-order chi connectivity index (χ1) is 9.46. The highest BCUT2D eigenvalue weighted by atomic mass is 15.1. The molecule has 0 atom stereocenters. The number of benzene rings is 1. The zero-order valence-corrected chi connectivity index (χ0v) is 14.2. The van der Waals surface area contributed by atoms with Crippen molar-refractivity contribution in [3.8, 4) is 0 Å². The van der Waals surface area contributed by atoms with Gasteiger partial charge in [0.25, 0.3) is 0 Å². The minimum atomic E-state index is 0.364. The van der Waals surface area contributed by atoms with Gasteiger partial charge in [0.1, 0.15) is 0 Å². The van der Waals surface area contributed by atoms with Crippen molar-refractivity contribution in [2.45, 2.75) is 47.5 Å². The molecule has 0 fully saturated rings. The van der Waals surface area contributed by atoms with E-state index in [-0.39, 0.29) is 0 Å². The van der Waals surface area contributed by atoms with Crippen LogP contribution >= 0.6 is 0 Å². The molecule has 0 aliphatic heterocycles. The van der Waals surface area contributed by atoms with Gasteiger partial charge >= 0.3 is 0 Å². The van der Waals surface area contributed by atoms with E-state index in [0.29, 0.717) is 5.41 Å². The van der Waals surface area contributed by atoms with Gasteiger partial charge in [-0.15, -0.1) is 0 Å². The summed E-state index contributed by atoms with van der Waals surface area (Å²) in [6.07, 6.45) is 2.43. The average Bonchev–Trinajstić information content (AvgIpc) is 2.42. The van der Waals surface area contributed by atoms with Gasteiger partial charge in [-0.05, 0) is 61.9 Å². The fourth-order valence-electron chi connectivity index (χ4n) is 2.94. The molecule has 2 nitrogen and oxygen atoms in total. The molecular weight excluding hydrogens is 244 g/mol. The summed E-state index contributed by atoms with van der Waals surface area (Å²) in [6.45, 7) is 14.4. The van der Waals surface area contributed by atoms with Gasteiger partial charge in [0.2, 0.25) is 0 Å². The van der Waals surface area contributed by atoms with Crippen LogP contribution in [0.4, 0.5) is 5.69 Å². The van der Waals surface area contributed by atoms with E-state index in [1.54, 1.807) is 0 Å². The lowest BCUT2D eigenvalue weighted by molar-refractivity contribution is 0.258. The zero-order chi connectivity index (χ0) is 15.2. The fraction of sp³-hybridized carbons (Fsp3) is 0.667. The molecule has 0 bridgehead atoms. The van der Waals surface area contributed by atoms with Crippen molar-refractivity contribution < 1.29 is 0 Å². The lowest BCUT2D eigenvalue weighted by Crippen LogP contribution is -2.42. The number of nitrogens with one attached hydrogen (secondary N) is 1. The van der Waals surface area contributed by atoms with Gasteiger partial charge in [0.15, 0.2) is 0 Å². The van der Waals surface area contributed by atoms with Crippen molar-refractivity contribution in [1.82, 2.24) is 5.32 Å². The molecule has 0 aliphatic rings. The predicted molar refractivity (Wildman–Crippen MR) is 90.7 cm³/mol. The Kier molecular flexibility index (Phi) is 6.54. The van der Waals surface area contributed by atoms with Crippen molar-refractivity contribution in [1.29, 1.82) is 0 Å². The Morgan fingerprint density at radius 3 is 2.00 bits per heavy atom. The molecule has 0 radical (unpaired) electrons. The Balaban J connectivity index is 2.86. The van der Waals surface area contributed by atoms with E-state index in [2.05, 4.69) is 70.1 Å². The van der Waals surface area contributed by atoms with Gasteiger partial charge in [0.05, 0.1) is 0 Å². The van der Waals surface area contributed by atoms with E-state index in [9.17, 15) is 0 Å². The minimum Gasteiger partial charge on any atom is -0.374 e. The largest absolute Gasteiger partial charge is 0.374 e. The summed E-state index contributed by atoms with van der Waals surface area (Å²) in [5, 5.41) is 3.54. The van der Waals surface area contributed by atoms with E-state index in [0.717, 1.165) is 19.6 Å². The highest BCUT2D eigenvalue weighted by molar-refractivity contribution is 5.50. The second kappa shape index (κ2) is 7.68. The second-order valence-corrected chi connectivity index (χ2v) is 6.19. The van der Waals surface area contributed by atoms with Crippen LogP contribution in [0.25, 0.3) is 0 Å². The normalized spacial score (nSPS) is 11.7. The van der Waals surface area contributed by atoms with Crippen LogP contribution in [0.1, 0.15) is 44.7 Å². The summed E-state index contributed by atoms with van der Waals surface area (Å²) < 4.78 is 0. The Morgan fingerprint density at radius 1 is 1.00 bits per heavy atom. The molecule has 1 aromatic rings. The maximum Gasteiger partial charge on any atom is 0.0369 e. The van der Waals surface area contributed by atoms with E-state index in [1.807, 2.05) is 0 Å². The highest BCUT2D eigenvalue weighted by Gasteiger charge is 2.27. The third-order valence-electron chi connectivity index (χ3n) is 4.47. The molecule has 1 aromatic carbocycles. The minimum absolute atomic E-state index is 0.364. The molecule has 0 saturated heterocycles. The van der Waals surface area contributed by atoms with E-state index in [1.165, 1.54) is 29.7 Å². The van der Waals surface area contributed by atoms with Crippen LogP contribution in [-0.4, -0.2) is 26.7 Å². The summed E-state index contributed by atoms with van der Waals surface area (Å²) in [7, 11) is 2.22. The smallest absolute Gasteiger partial charge is 0.0369 e. The number of hydrogen-bond donors (Lipinski definition) is 1. The number of hydrogen-bond acceptors (Lipinski definition) is 2. The molecule has 0 unspecified atom stereocenters. The Bertz CT molecular complexity index is 388. The van der Waals surface area contributed by atoms with Crippen LogP contribution in [0, 0.1) is 19.3 Å². The van der Waals surface area contributed by atoms with E-state index >= 15 is 0 Å². The summed E-state index contributed by atoms with van der Waals surface area (Å²) in [5.74, 6) is 0. The maximum absolute atomic E-state index is 3.54. The molecule has 2 heteroatoms. The maximum atomic E-state index is 3.54. The van der Waals surface area contributed by atoms with Crippen molar-refractivity contribution in [3.05, 3.63) is 29.3 Å². The summed E-state index contributed by atoms with van der Waals surface area (Å²) >= 11 is 0. The van der Waals surface area contributed by atoms with Crippen LogP contribution in [0.2, 0.25) is 0 Å². The third kappa shape index (κ3) is 4.52. The van der Waals surface area contributed by atoms with E-state index in [4.69, 9.17) is 0 Å². The first kappa shape index (κ1) is 17.0. The molecule has 0 aromatic heterocycles. The number of anilines is 1. The quantitative estimate of drug-likeness (QED) is 0.767. The first-order valence-corrected chi connectivity index (χ1v) is 7.96. The number of rotatable bonds is 8. The topological polar surface area (TPSA) is 15.3 Å². The van der Waals surface area contributed by atoms with Crippen molar-refractivity contribution in [2.24, 2.45) is 5.41 Å². The van der Waals surface area contributed by atoms with Crippen molar-refractivity contribution >= 4 is 5.69 Å². The van der Waals surface area contributed by atoms with Crippen LogP contribution in [-0.2, 0) is 0 Å². The van der Waals surface area contributed by atoms with Gasteiger partial charge in [-0.1, -0.05) is 26.8 Å². The van der Waals surface area contributed by atoms with Gasteiger partial charge in [-0.3, -0.25) is 0 Å². The van der Waals surface area contributed by atoms with Crippen molar-refractivity contribution in [2.75, 3.05) is 31.6 Å². The molecule has 0 saturated carbocycles. The van der Waals surface area contributed by atoms with Crippen LogP contribution in [0.5, 0.6) is 0 Å². The lowest BCUT2D eigenvalue weighted by atomic mass is 9.81. The molecule has 1 rings (SSSR count). The third-order valence-corrected chi connectivity index (χ3v) is 4.47. The Labute approximate surface area is 125 Å². The van der Waals surface area contributed by atoms with Gasteiger partial charge in [-0.25, -0.2) is 0 Å². The highest BCUT2D eigenvalue weighted by Crippen LogP contribution is 2.29. The van der Waals surface area contributed by atoms with Crippen molar-refractivity contribution in [3.63, 3.8) is 0 Å². The predicted octanol–water partition coefficient (Wildman–Crippen LogP) is 4.16. The summed E-state index contributed by atoms with van der Waals surface area (Å²) in [5.41, 5.74) is 4.39. The number of nitrogens with zero attached hydrogens (tertiary/aromatic N) is 1. The fourth-order valence-corrected chi connectivity index (χ4v) is 2.94.